The molecular formula is C23H33BO3. The van der Waals surface area contributed by atoms with Crippen LogP contribution in [0.3, 0.4) is 0 Å². The first-order valence-electron chi connectivity index (χ1n) is 10.2. The molecule has 1 aromatic carbocycles. The van der Waals surface area contributed by atoms with E-state index in [2.05, 4.69) is 65.5 Å². The van der Waals surface area contributed by atoms with Crippen LogP contribution in [0.25, 0.3) is 0 Å². The fourth-order valence-electron chi connectivity index (χ4n) is 3.83. The minimum absolute atomic E-state index is 0.0555. The molecule has 2 aliphatic heterocycles. The van der Waals surface area contributed by atoms with E-state index in [1.807, 2.05) is 12.1 Å². The highest BCUT2D eigenvalue weighted by molar-refractivity contribution is 6.54. The second-order valence-electron chi connectivity index (χ2n) is 8.64. The van der Waals surface area contributed by atoms with Crippen molar-refractivity contribution in [3.63, 3.8) is 0 Å². The number of hydrogen-bond donors (Lipinski definition) is 0. The first-order chi connectivity index (χ1) is 12.8. The molecule has 4 heteroatoms. The smallest absolute Gasteiger partial charge is 0.400 e. The second kappa shape index (κ2) is 7.94. The Labute approximate surface area is 164 Å². The monoisotopic (exact) mass is 368 g/mol. The van der Waals surface area contributed by atoms with Crippen molar-refractivity contribution < 1.29 is 14.0 Å². The van der Waals surface area contributed by atoms with E-state index >= 15 is 0 Å². The Morgan fingerprint density at radius 2 is 1.78 bits per heavy atom. The zero-order valence-corrected chi connectivity index (χ0v) is 17.5. The lowest BCUT2D eigenvalue weighted by Gasteiger charge is -2.32. The van der Waals surface area contributed by atoms with E-state index in [1.54, 1.807) is 0 Å². The summed E-state index contributed by atoms with van der Waals surface area (Å²) in [4.78, 5) is 0. The minimum Gasteiger partial charge on any atom is -0.400 e. The summed E-state index contributed by atoms with van der Waals surface area (Å²) in [6.07, 6.45) is 5.15. The van der Waals surface area contributed by atoms with E-state index in [9.17, 15) is 0 Å². The summed E-state index contributed by atoms with van der Waals surface area (Å²) in [5.41, 5.74) is 3.01. The molecule has 2 aliphatic rings. The topological polar surface area (TPSA) is 27.7 Å². The van der Waals surface area contributed by atoms with Crippen molar-refractivity contribution >= 4 is 7.12 Å². The standard InChI is InChI=1S/C23H33BO3/c1-7-9-15-19(24-26-22(3,4)23(5,6)27-24)20-17(8-2)16-25-21(20)18-13-11-10-12-14-18/h8,10-14,17,21H,2,7,9,15-16H2,1,3-6H3/b20-19+/t17-,21+/m1/s1. The zero-order chi connectivity index (χ0) is 19.7. The highest BCUT2D eigenvalue weighted by atomic mass is 16.7. The van der Waals surface area contributed by atoms with Crippen LogP contribution < -0.4 is 0 Å². The Morgan fingerprint density at radius 3 is 2.33 bits per heavy atom. The number of allylic oxidation sites excluding steroid dienone is 1. The van der Waals surface area contributed by atoms with E-state index in [-0.39, 0.29) is 30.3 Å². The van der Waals surface area contributed by atoms with E-state index < -0.39 is 0 Å². The molecule has 1 aromatic rings. The maximum Gasteiger partial charge on any atom is 0.490 e. The SMILES string of the molecule is C=C[C@@H]1CO[C@@H](c2ccccc2)/C1=C(\CCCC)B1OC(C)(C)C(C)(C)O1. The molecule has 0 bridgehead atoms. The van der Waals surface area contributed by atoms with Crippen LogP contribution >= 0.6 is 0 Å². The van der Waals surface area contributed by atoms with Gasteiger partial charge >= 0.3 is 7.12 Å². The summed E-state index contributed by atoms with van der Waals surface area (Å²) in [5.74, 6) is 0.195. The van der Waals surface area contributed by atoms with Gasteiger partial charge in [-0.2, -0.15) is 0 Å². The van der Waals surface area contributed by atoms with Crippen molar-refractivity contribution in [2.45, 2.75) is 71.2 Å². The van der Waals surface area contributed by atoms with Crippen LogP contribution in [0.1, 0.15) is 65.5 Å². The number of hydrogen-bond acceptors (Lipinski definition) is 3. The Balaban J connectivity index is 2.06. The molecule has 0 saturated carbocycles. The molecule has 146 valence electrons. The van der Waals surface area contributed by atoms with E-state index in [1.165, 1.54) is 16.6 Å². The third-order valence-electron chi connectivity index (χ3n) is 6.22. The molecule has 0 amide bonds. The van der Waals surface area contributed by atoms with Gasteiger partial charge in [-0.1, -0.05) is 56.2 Å². The third-order valence-corrected chi connectivity index (χ3v) is 6.22. The summed E-state index contributed by atoms with van der Waals surface area (Å²) in [5, 5.41) is 0. The summed E-state index contributed by atoms with van der Waals surface area (Å²) < 4.78 is 19.1. The van der Waals surface area contributed by atoms with Crippen LogP contribution in [-0.2, 0) is 14.0 Å². The van der Waals surface area contributed by atoms with Crippen LogP contribution in [-0.4, -0.2) is 24.9 Å². The van der Waals surface area contributed by atoms with Crippen molar-refractivity contribution in [2.24, 2.45) is 5.92 Å². The van der Waals surface area contributed by atoms with Gasteiger partial charge in [0.1, 0.15) is 6.10 Å². The highest BCUT2D eigenvalue weighted by Gasteiger charge is 2.53. The number of benzene rings is 1. The van der Waals surface area contributed by atoms with Gasteiger partial charge in [-0.05, 0) is 50.7 Å². The molecule has 0 radical (unpaired) electrons. The number of rotatable bonds is 6. The molecule has 3 nitrogen and oxygen atoms in total. The van der Waals surface area contributed by atoms with Crippen LogP contribution in [0.5, 0.6) is 0 Å². The lowest BCUT2D eigenvalue weighted by Crippen LogP contribution is -2.41. The Bertz CT molecular complexity index is 677. The fraction of sp³-hybridized carbons (Fsp3) is 0.565. The lowest BCUT2D eigenvalue weighted by molar-refractivity contribution is 0.00578. The van der Waals surface area contributed by atoms with Crippen LogP contribution in [0, 0.1) is 5.92 Å². The van der Waals surface area contributed by atoms with Crippen molar-refractivity contribution in [1.82, 2.24) is 0 Å². The van der Waals surface area contributed by atoms with Crippen molar-refractivity contribution in [3.8, 4) is 0 Å². The van der Waals surface area contributed by atoms with E-state index in [4.69, 9.17) is 14.0 Å². The van der Waals surface area contributed by atoms with E-state index in [0.29, 0.717) is 6.61 Å². The lowest BCUT2D eigenvalue weighted by atomic mass is 9.69. The first-order valence-corrected chi connectivity index (χ1v) is 10.2. The Kier molecular flexibility index (Phi) is 6.00. The normalized spacial score (nSPS) is 28.4. The maximum atomic E-state index is 6.44. The van der Waals surface area contributed by atoms with Gasteiger partial charge in [-0.3, -0.25) is 0 Å². The molecule has 0 spiro atoms. The van der Waals surface area contributed by atoms with Crippen molar-refractivity contribution in [1.29, 1.82) is 0 Å². The molecule has 0 N–H and O–H groups in total. The van der Waals surface area contributed by atoms with Gasteiger partial charge in [0.25, 0.3) is 0 Å². The summed E-state index contributed by atoms with van der Waals surface area (Å²) in [6, 6.07) is 10.4. The fourth-order valence-corrected chi connectivity index (χ4v) is 3.83. The predicted molar refractivity (Wildman–Crippen MR) is 111 cm³/mol. The van der Waals surface area contributed by atoms with Crippen LogP contribution in [0.2, 0.25) is 0 Å². The van der Waals surface area contributed by atoms with Crippen LogP contribution in [0.15, 0.2) is 54.0 Å². The molecule has 0 aliphatic carbocycles. The van der Waals surface area contributed by atoms with Crippen LogP contribution in [0.4, 0.5) is 0 Å². The molecular weight excluding hydrogens is 335 g/mol. The largest absolute Gasteiger partial charge is 0.490 e. The summed E-state index contributed by atoms with van der Waals surface area (Å²) in [6.45, 7) is 15.4. The van der Waals surface area contributed by atoms with E-state index in [0.717, 1.165) is 19.3 Å². The Morgan fingerprint density at radius 1 is 1.15 bits per heavy atom. The maximum absolute atomic E-state index is 6.44. The first kappa shape index (κ1) is 20.4. The van der Waals surface area contributed by atoms with Gasteiger partial charge in [0.05, 0.1) is 17.8 Å². The molecule has 2 saturated heterocycles. The average molecular weight is 368 g/mol. The van der Waals surface area contributed by atoms with Gasteiger partial charge in [0.2, 0.25) is 0 Å². The number of unbranched alkanes of at least 4 members (excludes halogenated alkanes) is 1. The molecule has 3 rings (SSSR count). The highest BCUT2D eigenvalue weighted by Crippen LogP contribution is 2.46. The zero-order valence-electron chi connectivity index (χ0n) is 17.5. The molecule has 0 unspecified atom stereocenters. The van der Waals surface area contributed by atoms with Gasteiger partial charge in [0.15, 0.2) is 0 Å². The van der Waals surface area contributed by atoms with Crippen molar-refractivity contribution in [3.05, 3.63) is 59.6 Å². The molecule has 2 atom stereocenters. The molecule has 27 heavy (non-hydrogen) atoms. The molecule has 2 heterocycles. The van der Waals surface area contributed by atoms with Gasteiger partial charge in [-0.15, -0.1) is 6.58 Å². The molecule has 0 aromatic heterocycles. The van der Waals surface area contributed by atoms with Gasteiger partial charge < -0.3 is 14.0 Å². The summed E-state index contributed by atoms with van der Waals surface area (Å²) >= 11 is 0. The molecule has 2 fully saturated rings. The average Bonchev–Trinajstić information content (AvgIpc) is 3.14. The number of ether oxygens (including phenoxy) is 1. The van der Waals surface area contributed by atoms with Crippen molar-refractivity contribution in [2.75, 3.05) is 6.61 Å². The van der Waals surface area contributed by atoms with Gasteiger partial charge in [-0.25, -0.2) is 0 Å². The third kappa shape index (κ3) is 3.94. The Hall–Kier alpha value is -1.36. The van der Waals surface area contributed by atoms with Gasteiger partial charge in [0, 0.05) is 5.92 Å². The minimum atomic E-state index is -0.346. The second-order valence-corrected chi connectivity index (χ2v) is 8.64. The predicted octanol–water partition coefficient (Wildman–Crippen LogP) is 5.68. The quantitative estimate of drug-likeness (QED) is 0.478. The summed E-state index contributed by atoms with van der Waals surface area (Å²) in [7, 11) is -0.327.